The molecule has 1 aromatic carbocycles. The number of benzene rings is 1. The van der Waals surface area contributed by atoms with E-state index in [1.54, 1.807) is 32.9 Å². The molecule has 1 aromatic rings. The van der Waals surface area contributed by atoms with Crippen molar-refractivity contribution in [2.45, 2.75) is 44.1 Å². The third-order valence-electron chi connectivity index (χ3n) is 4.03. The molecule has 0 bridgehead atoms. The minimum Gasteiger partial charge on any atom is -0.389 e. The summed E-state index contributed by atoms with van der Waals surface area (Å²) in [5, 5.41) is 12.9. The normalized spacial score (nSPS) is 17.8. The summed E-state index contributed by atoms with van der Waals surface area (Å²) in [6, 6.07) is 5.97. The second kappa shape index (κ2) is 6.59. The number of amides is 1. The van der Waals surface area contributed by atoms with E-state index in [1.165, 1.54) is 12.1 Å². The molecule has 1 fully saturated rings. The lowest BCUT2D eigenvalue weighted by Gasteiger charge is -2.23. The molecule has 1 amide bonds. The van der Waals surface area contributed by atoms with E-state index < -0.39 is 15.6 Å². The SMILES string of the molecule is CC(C)C(=O)Nc1ccc(S(=O)(=O)NCC(C)(O)C2CC2)cc1. The lowest BCUT2D eigenvalue weighted by molar-refractivity contribution is -0.118. The van der Waals surface area contributed by atoms with Gasteiger partial charge in [0.15, 0.2) is 0 Å². The lowest BCUT2D eigenvalue weighted by atomic mass is 10.0. The number of rotatable bonds is 7. The summed E-state index contributed by atoms with van der Waals surface area (Å²) in [5.41, 5.74) is -0.467. The van der Waals surface area contributed by atoms with Gasteiger partial charge in [0.25, 0.3) is 0 Å². The number of aliphatic hydroxyl groups is 1. The fraction of sp³-hybridized carbons (Fsp3) is 0.562. The number of sulfonamides is 1. The average molecular weight is 340 g/mol. The van der Waals surface area contributed by atoms with Crippen molar-refractivity contribution in [2.24, 2.45) is 11.8 Å². The van der Waals surface area contributed by atoms with Gasteiger partial charge in [-0.05, 0) is 49.9 Å². The maximum absolute atomic E-state index is 12.3. The minimum atomic E-state index is -3.68. The zero-order chi connectivity index (χ0) is 17.3. The molecular formula is C16H24N2O4S. The maximum atomic E-state index is 12.3. The first kappa shape index (κ1) is 17.9. The Hall–Kier alpha value is -1.44. The van der Waals surface area contributed by atoms with Crippen molar-refractivity contribution in [3.8, 4) is 0 Å². The third kappa shape index (κ3) is 4.76. The quantitative estimate of drug-likeness (QED) is 0.704. The van der Waals surface area contributed by atoms with Crippen LogP contribution in [0.1, 0.15) is 33.6 Å². The lowest BCUT2D eigenvalue weighted by Crippen LogP contribution is -2.42. The number of hydrogen-bond donors (Lipinski definition) is 3. The second-order valence-corrected chi connectivity index (χ2v) is 8.39. The van der Waals surface area contributed by atoms with Crippen LogP contribution in [0.2, 0.25) is 0 Å². The van der Waals surface area contributed by atoms with Gasteiger partial charge in [0.1, 0.15) is 0 Å². The molecule has 1 aliphatic rings. The molecule has 7 heteroatoms. The van der Waals surface area contributed by atoms with Gasteiger partial charge in [0.05, 0.1) is 10.5 Å². The van der Waals surface area contributed by atoms with Gasteiger partial charge in [-0.15, -0.1) is 0 Å². The van der Waals surface area contributed by atoms with E-state index in [0.29, 0.717) is 5.69 Å². The highest BCUT2D eigenvalue weighted by Gasteiger charge is 2.40. The molecule has 1 atom stereocenters. The average Bonchev–Trinajstić information content (AvgIpc) is 3.31. The highest BCUT2D eigenvalue weighted by Crippen LogP contribution is 2.39. The molecular weight excluding hydrogens is 316 g/mol. The Morgan fingerprint density at radius 2 is 1.87 bits per heavy atom. The van der Waals surface area contributed by atoms with E-state index >= 15 is 0 Å². The summed E-state index contributed by atoms with van der Waals surface area (Å²) in [5.74, 6) is -0.109. The standard InChI is InChI=1S/C16H24N2O4S/c1-11(2)15(19)18-13-6-8-14(9-7-13)23(21,22)17-10-16(3,20)12-4-5-12/h6-9,11-12,17,20H,4-5,10H2,1-3H3,(H,18,19). The highest BCUT2D eigenvalue weighted by molar-refractivity contribution is 7.89. The first-order valence-corrected chi connectivity index (χ1v) is 9.23. The number of carbonyl (C=O) groups is 1. The Labute approximate surface area is 137 Å². The van der Waals surface area contributed by atoms with Crippen LogP contribution < -0.4 is 10.0 Å². The first-order valence-electron chi connectivity index (χ1n) is 7.75. The van der Waals surface area contributed by atoms with Gasteiger partial charge >= 0.3 is 0 Å². The number of nitrogens with one attached hydrogen (secondary N) is 2. The van der Waals surface area contributed by atoms with Crippen LogP contribution in [0.4, 0.5) is 5.69 Å². The molecule has 0 spiro atoms. The molecule has 2 rings (SSSR count). The van der Waals surface area contributed by atoms with Crippen LogP contribution in [0.25, 0.3) is 0 Å². The minimum absolute atomic E-state index is 0.00810. The van der Waals surface area contributed by atoms with Crippen LogP contribution in [0.15, 0.2) is 29.2 Å². The van der Waals surface area contributed by atoms with E-state index in [1.807, 2.05) is 0 Å². The molecule has 128 valence electrons. The largest absolute Gasteiger partial charge is 0.389 e. The molecule has 1 unspecified atom stereocenters. The van der Waals surface area contributed by atoms with Crippen molar-refractivity contribution in [2.75, 3.05) is 11.9 Å². The summed E-state index contributed by atoms with van der Waals surface area (Å²) < 4.78 is 27.0. The molecule has 3 N–H and O–H groups in total. The predicted octanol–water partition coefficient (Wildman–Crippen LogP) is 1.72. The molecule has 0 aromatic heterocycles. The van der Waals surface area contributed by atoms with Gasteiger partial charge in [-0.1, -0.05) is 13.8 Å². The second-order valence-electron chi connectivity index (χ2n) is 6.62. The topological polar surface area (TPSA) is 95.5 Å². The Morgan fingerprint density at radius 3 is 2.35 bits per heavy atom. The van der Waals surface area contributed by atoms with Gasteiger partial charge in [-0.2, -0.15) is 0 Å². The molecule has 0 aliphatic heterocycles. The van der Waals surface area contributed by atoms with E-state index in [9.17, 15) is 18.3 Å². The Balaban J connectivity index is 2.01. The third-order valence-corrected chi connectivity index (χ3v) is 5.45. The van der Waals surface area contributed by atoms with Crippen molar-refractivity contribution in [3.63, 3.8) is 0 Å². The van der Waals surface area contributed by atoms with Crippen LogP contribution in [-0.4, -0.2) is 31.6 Å². The van der Waals surface area contributed by atoms with Crippen LogP contribution in [0, 0.1) is 11.8 Å². The van der Waals surface area contributed by atoms with Crippen molar-refractivity contribution >= 4 is 21.6 Å². The fourth-order valence-corrected chi connectivity index (χ4v) is 3.32. The number of anilines is 1. The monoisotopic (exact) mass is 340 g/mol. The molecule has 0 radical (unpaired) electrons. The van der Waals surface area contributed by atoms with E-state index in [-0.39, 0.29) is 29.2 Å². The molecule has 0 saturated heterocycles. The Bertz CT molecular complexity index is 662. The summed E-state index contributed by atoms with van der Waals surface area (Å²) in [6.45, 7) is 5.21. The van der Waals surface area contributed by atoms with E-state index in [4.69, 9.17) is 0 Å². The van der Waals surface area contributed by atoms with Gasteiger partial charge in [-0.3, -0.25) is 4.79 Å². The van der Waals surface area contributed by atoms with E-state index in [2.05, 4.69) is 10.0 Å². The molecule has 1 aliphatic carbocycles. The van der Waals surface area contributed by atoms with Crippen LogP contribution in [0.3, 0.4) is 0 Å². The van der Waals surface area contributed by atoms with Gasteiger partial charge < -0.3 is 10.4 Å². The van der Waals surface area contributed by atoms with Crippen LogP contribution in [-0.2, 0) is 14.8 Å². The van der Waals surface area contributed by atoms with Gasteiger partial charge in [0, 0.05) is 18.2 Å². The number of carbonyl (C=O) groups excluding carboxylic acids is 1. The van der Waals surface area contributed by atoms with Crippen LogP contribution >= 0.6 is 0 Å². The van der Waals surface area contributed by atoms with Crippen molar-refractivity contribution < 1.29 is 18.3 Å². The summed E-state index contributed by atoms with van der Waals surface area (Å²) in [7, 11) is -3.68. The van der Waals surface area contributed by atoms with Gasteiger partial charge in [-0.25, -0.2) is 13.1 Å². The van der Waals surface area contributed by atoms with E-state index in [0.717, 1.165) is 12.8 Å². The predicted molar refractivity (Wildman–Crippen MR) is 88.4 cm³/mol. The zero-order valence-electron chi connectivity index (χ0n) is 13.7. The summed E-state index contributed by atoms with van der Waals surface area (Å²) in [6.07, 6.45) is 1.86. The molecule has 6 nitrogen and oxygen atoms in total. The highest BCUT2D eigenvalue weighted by atomic mass is 32.2. The van der Waals surface area contributed by atoms with Gasteiger partial charge in [0.2, 0.25) is 15.9 Å². The van der Waals surface area contributed by atoms with Crippen molar-refractivity contribution in [1.82, 2.24) is 4.72 Å². The number of hydrogen-bond acceptors (Lipinski definition) is 4. The maximum Gasteiger partial charge on any atom is 0.240 e. The fourth-order valence-electron chi connectivity index (χ4n) is 2.18. The first-order chi connectivity index (χ1) is 10.6. The Kier molecular flexibility index (Phi) is 5.13. The molecule has 1 saturated carbocycles. The molecule has 0 heterocycles. The smallest absolute Gasteiger partial charge is 0.240 e. The summed E-state index contributed by atoms with van der Waals surface area (Å²) in [4.78, 5) is 11.7. The Morgan fingerprint density at radius 1 is 1.30 bits per heavy atom. The van der Waals surface area contributed by atoms with Crippen LogP contribution in [0.5, 0.6) is 0 Å². The van der Waals surface area contributed by atoms with Crippen molar-refractivity contribution in [1.29, 1.82) is 0 Å². The zero-order valence-corrected chi connectivity index (χ0v) is 14.5. The summed E-state index contributed by atoms with van der Waals surface area (Å²) >= 11 is 0. The molecule has 23 heavy (non-hydrogen) atoms. The van der Waals surface area contributed by atoms with Crippen molar-refractivity contribution in [3.05, 3.63) is 24.3 Å².